The van der Waals surface area contributed by atoms with E-state index in [0.29, 0.717) is 16.3 Å². The van der Waals surface area contributed by atoms with Crippen LogP contribution in [-0.4, -0.2) is 24.8 Å². The summed E-state index contributed by atoms with van der Waals surface area (Å²) in [6.07, 6.45) is 0. The number of carbonyl (C=O) groups is 1. The fourth-order valence-corrected chi connectivity index (χ4v) is 1.22. The van der Waals surface area contributed by atoms with Gasteiger partial charge in [0.25, 0.3) is 0 Å². The van der Waals surface area contributed by atoms with Gasteiger partial charge in [0.15, 0.2) is 0 Å². The first kappa shape index (κ1) is 12.4. The second-order valence-electron chi connectivity index (χ2n) is 2.85. The summed E-state index contributed by atoms with van der Waals surface area (Å²) < 4.78 is 0. The first-order valence-corrected chi connectivity index (χ1v) is 4.93. The number of aliphatic hydroxyl groups excluding tert-OH is 1. The zero-order valence-corrected chi connectivity index (χ0v) is 9.43. The van der Waals surface area contributed by atoms with Crippen LogP contribution in [-0.2, 0) is 0 Å². The SMILES string of the molecule is CNC(=O)Nc1cc(Cl)ccc1C#CCO. The Morgan fingerprint density at radius 1 is 1.56 bits per heavy atom. The molecule has 84 valence electrons. The van der Waals surface area contributed by atoms with Crippen molar-refractivity contribution in [1.29, 1.82) is 0 Å². The van der Waals surface area contributed by atoms with Gasteiger partial charge in [-0.15, -0.1) is 0 Å². The summed E-state index contributed by atoms with van der Waals surface area (Å²) in [6, 6.07) is 4.58. The third kappa shape index (κ3) is 3.46. The number of anilines is 1. The Kier molecular flexibility index (Phi) is 4.65. The van der Waals surface area contributed by atoms with E-state index in [1.807, 2.05) is 0 Å². The van der Waals surface area contributed by atoms with Gasteiger partial charge in [0, 0.05) is 17.6 Å². The van der Waals surface area contributed by atoms with Crippen molar-refractivity contribution in [1.82, 2.24) is 5.32 Å². The van der Waals surface area contributed by atoms with Gasteiger partial charge < -0.3 is 15.7 Å². The predicted molar refractivity (Wildman–Crippen MR) is 63.5 cm³/mol. The average molecular weight is 239 g/mol. The lowest BCUT2D eigenvalue weighted by Crippen LogP contribution is -2.24. The molecular formula is C11H11ClN2O2. The lowest BCUT2D eigenvalue weighted by atomic mass is 10.2. The molecule has 4 nitrogen and oxygen atoms in total. The van der Waals surface area contributed by atoms with Gasteiger partial charge in [-0.05, 0) is 18.2 Å². The van der Waals surface area contributed by atoms with Crippen LogP contribution >= 0.6 is 11.6 Å². The molecule has 0 atom stereocenters. The molecule has 1 aromatic carbocycles. The highest BCUT2D eigenvalue weighted by molar-refractivity contribution is 6.31. The molecule has 5 heteroatoms. The number of hydrogen-bond acceptors (Lipinski definition) is 2. The summed E-state index contributed by atoms with van der Waals surface area (Å²) in [6.45, 7) is -0.234. The number of halogens is 1. The molecule has 0 heterocycles. The van der Waals surface area contributed by atoms with E-state index in [0.717, 1.165) is 0 Å². The highest BCUT2D eigenvalue weighted by atomic mass is 35.5. The minimum atomic E-state index is -0.352. The van der Waals surface area contributed by atoms with Gasteiger partial charge in [-0.2, -0.15) is 0 Å². The molecule has 0 aromatic heterocycles. The number of aliphatic hydroxyl groups is 1. The summed E-state index contributed by atoms with van der Waals surface area (Å²) in [5.41, 5.74) is 1.11. The number of carbonyl (C=O) groups excluding carboxylic acids is 1. The molecule has 0 aliphatic heterocycles. The number of benzene rings is 1. The molecule has 0 unspecified atom stereocenters. The van der Waals surface area contributed by atoms with Crippen molar-refractivity contribution in [3.05, 3.63) is 28.8 Å². The van der Waals surface area contributed by atoms with E-state index >= 15 is 0 Å². The Morgan fingerprint density at radius 2 is 2.31 bits per heavy atom. The summed E-state index contributed by atoms with van der Waals surface area (Å²) in [7, 11) is 1.51. The second kappa shape index (κ2) is 6.01. The highest BCUT2D eigenvalue weighted by Gasteiger charge is 2.04. The van der Waals surface area contributed by atoms with Gasteiger partial charge >= 0.3 is 6.03 Å². The van der Waals surface area contributed by atoms with Crippen molar-refractivity contribution in [2.45, 2.75) is 0 Å². The molecule has 0 spiro atoms. The van der Waals surface area contributed by atoms with E-state index in [1.165, 1.54) is 7.05 Å². The van der Waals surface area contributed by atoms with Gasteiger partial charge in [0.2, 0.25) is 0 Å². The topological polar surface area (TPSA) is 61.4 Å². The molecule has 0 saturated carbocycles. The Balaban J connectivity index is 3.03. The largest absolute Gasteiger partial charge is 0.384 e. The fourth-order valence-electron chi connectivity index (χ4n) is 1.05. The van der Waals surface area contributed by atoms with Crippen LogP contribution in [0.15, 0.2) is 18.2 Å². The maximum atomic E-state index is 11.2. The van der Waals surface area contributed by atoms with E-state index < -0.39 is 0 Å². The summed E-state index contributed by atoms with van der Waals surface area (Å²) >= 11 is 5.81. The lowest BCUT2D eigenvalue weighted by Gasteiger charge is -2.07. The molecule has 0 radical (unpaired) electrons. The molecule has 0 bridgehead atoms. The van der Waals surface area contributed by atoms with Gasteiger partial charge in [0.05, 0.1) is 5.69 Å². The Morgan fingerprint density at radius 3 is 2.94 bits per heavy atom. The summed E-state index contributed by atoms with van der Waals surface area (Å²) in [4.78, 5) is 11.2. The van der Waals surface area contributed by atoms with Gasteiger partial charge in [0.1, 0.15) is 6.61 Å². The van der Waals surface area contributed by atoms with Crippen molar-refractivity contribution < 1.29 is 9.90 Å². The van der Waals surface area contributed by atoms with Crippen molar-refractivity contribution in [3.63, 3.8) is 0 Å². The molecule has 16 heavy (non-hydrogen) atoms. The van der Waals surface area contributed by atoms with Crippen molar-refractivity contribution >= 4 is 23.3 Å². The first-order valence-electron chi connectivity index (χ1n) is 4.55. The number of amides is 2. The summed E-state index contributed by atoms with van der Waals surface area (Å²) in [5, 5.41) is 14.1. The van der Waals surface area contributed by atoms with Crippen LogP contribution in [0.1, 0.15) is 5.56 Å². The third-order valence-corrected chi connectivity index (χ3v) is 1.99. The monoisotopic (exact) mass is 238 g/mol. The number of hydrogen-bond donors (Lipinski definition) is 3. The minimum Gasteiger partial charge on any atom is -0.384 e. The molecule has 1 rings (SSSR count). The van der Waals surface area contributed by atoms with Crippen LogP contribution in [0.5, 0.6) is 0 Å². The van der Waals surface area contributed by atoms with Crippen LogP contribution in [0.4, 0.5) is 10.5 Å². The maximum Gasteiger partial charge on any atom is 0.319 e. The van der Waals surface area contributed by atoms with Crippen molar-refractivity contribution in [2.24, 2.45) is 0 Å². The molecule has 0 fully saturated rings. The third-order valence-electron chi connectivity index (χ3n) is 1.76. The fraction of sp³-hybridized carbons (Fsp3) is 0.182. The van der Waals surface area contributed by atoms with Crippen LogP contribution < -0.4 is 10.6 Å². The van der Waals surface area contributed by atoms with Crippen LogP contribution in [0.25, 0.3) is 0 Å². The van der Waals surface area contributed by atoms with E-state index in [1.54, 1.807) is 18.2 Å². The van der Waals surface area contributed by atoms with Crippen LogP contribution in [0, 0.1) is 11.8 Å². The zero-order chi connectivity index (χ0) is 12.0. The lowest BCUT2D eigenvalue weighted by molar-refractivity contribution is 0.254. The molecule has 2 amide bonds. The molecule has 1 aromatic rings. The number of urea groups is 1. The molecule has 3 N–H and O–H groups in total. The molecule has 0 saturated heterocycles. The quantitative estimate of drug-likeness (QED) is 0.649. The van der Waals surface area contributed by atoms with E-state index in [-0.39, 0.29) is 12.6 Å². The first-order chi connectivity index (χ1) is 7.67. The van der Waals surface area contributed by atoms with Crippen molar-refractivity contribution in [2.75, 3.05) is 19.0 Å². The van der Waals surface area contributed by atoms with Gasteiger partial charge in [-0.3, -0.25) is 0 Å². The normalized spacial score (nSPS) is 8.94. The number of rotatable bonds is 1. The smallest absolute Gasteiger partial charge is 0.319 e. The van der Waals surface area contributed by atoms with E-state index in [9.17, 15) is 4.79 Å². The van der Waals surface area contributed by atoms with Crippen LogP contribution in [0.3, 0.4) is 0 Å². The Bertz CT molecular complexity index is 449. The van der Waals surface area contributed by atoms with E-state index in [2.05, 4.69) is 22.5 Å². The van der Waals surface area contributed by atoms with Crippen molar-refractivity contribution in [3.8, 4) is 11.8 Å². The number of nitrogens with one attached hydrogen (secondary N) is 2. The molecule has 0 aliphatic carbocycles. The zero-order valence-electron chi connectivity index (χ0n) is 8.67. The average Bonchev–Trinajstić information content (AvgIpc) is 2.28. The second-order valence-corrected chi connectivity index (χ2v) is 3.29. The van der Waals surface area contributed by atoms with Crippen LogP contribution in [0.2, 0.25) is 5.02 Å². The summed E-state index contributed by atoms with van der Waals surface area (Å²) in [5.74, 6) is 5.22. The predicted octanol–water partition coefficient (Wildman–Crippen LogP) is 1.44. The van der Waals surface area contributed by atoms with Gasteiger partial charge in [-0.25, -0.2) is 4.79 Å². The Labute approximate surface area is 98.6 Å². The van der Waals surface area contributed by atoms with E-state index in [4.69, 9.17) is 16.7 Å². The molecule has 0 aliphatic rings. The standard InChI is InChI=1S/C11H11ClN2O2/c1-13-11(16)14-10-7-9(12)5-4-8(10)3-2-6-15/h4-5,7,15H,6H2,1H3,(H2,13,14,16). The molecular weight excluding hydrogens is 228 g/mol. The maximum absolute atomic E-state index is 11.2. The van der Waals surface area contributed by atoms with Gasteiger partial charge in [-0.1, -0.05) is 23.4 Å². The Hall–Kier alpha value is -1.70. The highest BCUT2D eigenvalue weighted by Crippen LogP contribution is 2.20. The minimum absolute atomic E-state index is 0.234.